The quantitative estimate of drug-likeness (QED) is 0.188. The molecule has 48 heavy (non-hydrogen) atoms. The van der Waals surface area contributed by atoms with Crippen molar-refractivity contribution in [3.63, 3.8) is 0 Å². The molecule has 6 aromatic carbocycles. The fourth-order valence-electron chi connectivity index (χ4n) is 6.50. The van der Waals surface area contributed by atoms with Crippen molar-refractivity contribution in [3.8, 4) is 62.5 Å². The van der Waals surface area contributed by atoms with Crippen molar-refractivity contribution in [1.29, 1.82) is 5.26 Å². The van der Waals surface area contributed by atoms with E-state index in [-0.39, 0.29) is 5.41 Å². The smallest absolute Gasteiger partial charge is 0.164 e. The average molecular weight is 635 g/mol. The molecule has 0 N–H and O–H groups in total. The molecule has 0 aliphatic carbocycles. The second kappa shape index (κ2) is 12.1. The maximum atomic E-state index is 10.0. The van der Waals surface area contributed by atoms with Gasteiger partial charge < -0.3 is 0 Å². The van der Waals surface area contributed by atoms with Gasteiger partial charge in [-0.15, -0.1) is 0 Å². The summed E-state index contributed by atoms with van der Waals surface area (Å²) in [7, 11) is 0. The van der Waals surface area contributed by atoms with Crippen LogP contribution in [0.15, 0.2) is 155 Å². The molecule has 1 aliphatic heterocycles. The number of fused-ring (bicyclic) bond motifs is 2. The Balaban J connectivity index is 1.23. The second-order valence-corrected chi connectivity index (χ2v) is 13.4. The lowest BCUT2D eigenvalue weighted by Crippen LogP contribution is -2.24. The van der Waals surface area contributed by atoms with Gasteiger partial charge in [-0.25, -0.2) is 15.0 Å². The zero-order chi connectivity index (χ0) is 32.7. The third-order valence-electron chi connectivity index (χ3n) is 9.04. The summed E-state index contributed by atoms with van der Waals surface area (Å²) in [6.45, 7) is 4.51. The fourth-order valence-corrected chi connectivity index (χ4v) is 8.01. The number of rotatable bonds is 5. The van der Waals surface area contributed by atoms with Crippen LogP contribution in [0.4, 0.5) is 0 Å². The van der Waals surface area contributed by atoms with Gasteiger partial charge in [-0.1, -0.05) is 153 Å². The molecule has 0 fully saturated rings. The van der Waals surface area contributed by atoms with Gasteiger partial charge in [0.05, 0.1) is 11.6 Å². The molecule has 4 nitrogen and oxygen atoms in total. The molecular weight excluding hydrogens is 605 g/mol. The Bertz CT molecular complexity index is 2280. The molecule has 0 bridgehead atoms. The minimum atomic E-state index is -0.223. The van der Waals surface area contributed by atoms with E-state index in [0.717, 1.165) is 38.9 Å². The van der Waals surface area contributed by atoms with Crippen molar-refractivity contribution in [3.05, 3.63) is 162 Å². The van der Waals surface area contributed by atoms with Crippen LogP contribution >= 0.6 is 11.8 Å². The van der Waals surface area contributed by atoms with Crippen molar-refractivity contribution in [1.82, 2.24) is 15.0 Å². The maximum absolute atomic E-state index is 10.0. The van der Waals surface area contributed by atoms with Crippen LogP contribution in [0.5, 0.6) is 0 Å². The van der Waals surface area contributed by atoms with E-state index in [1.807, 2.05) is 78.9 Å². The molecule has 0 saturated carbocycles. The van der Waals surface area contributed by atoms with Crippen molar-refractivity contribution >= 4 is 11.8 Å². The molecule has 5 heteroatoms. The summed E-state index contributed by atoms with van der Waals surface area (Å²) < 4.78 is 0. The normalized spacial score (nSPS) is 12.9. The van der Waals surface area contributed by atoms with Gasteiger partial charge in [-0.05, 0) is 51.6 Å². The lowest BCUT2D eigenvalue weighted by Gasteiger charge is -2.35. The second-order valence-electron chi connectivity index (χ2n) is 12.4. The molecule has 8 rings (SSSR count). The van der Waals surface area contributed by atoms with Gasteiger partial charge in [0.2, 0.25) is 0 Å². The zero-order valence-corrected chi connectivity index (χ0v) is 27.4. The first kappa shape index (κ1) is 29.6. The Morgan fingerprint density at radius 2 is 1.02 bits per heavy atom. The molecule has 1 aromatic heterocycles. The highest BCUT2D eigenvalue weighted by Crippen LogP contribution is 2.52. The highest BCUT2D eigenvalue weighted by Gasteiger charge is 2.34. The lowest BCUT2D eigenvalue weighted by molar-refractivity contribution is 0.607. The number of hydrogen-bond donors (Lipinski definition) is 0. The van der Waals surface area contributed by atoms with Crippen LogP contribution in [0.2, 0.25) is 0 Å². The van der Waals surface area contributed by atoms with Crippen molar-refractivity contribution in [2.75, 3.05) is 0 Å². The van der Waals surface area contributed by atoms with Crippen molar-refractivity contribution < 1.29 is 0 Å². The van der Waals surface area contributed by atoms with Crippen LogP contribution in [-0.4, -0.2) is 15.0 Å². The summed E-state index contributed by atoms with van der Waals surface area (Å²) in [4.78, 5) is 17.3. The molecular formula is C43H30N4S. The number of hydrogen-bond acceptors (Lipinski definition) is 5. The van der Waals surface area contributed by atoms with Crippen LogP contribution in [0.3, 0.4) is 0 Å². The van der Waals surface area contributed by atoms with Gasteiger partial charge >= 0.3 is 0 Å². The SMILES string of the molecule is CC1(C)c2ccccc2Sc2c(-c3ccc(-c4ccccc4-c4nc(-c5ccccc5)nc(-c5ccccc5)n4)cc3)cc(C#N)cc21. The summed E-state index contributed by atoms with van der Waals surface area (Å²) in [6.07, 6.45) is 0. The molecule has 7 aromatic rings. The average Bonchev–Trinajstić information content (AvgIpc) is 3.15. The minimum Gasteiger partial charge on any atom is -0.208 e. The molecule has 1 aliphatic rings. The Morgan fingerprint density at radius 1 is 0.500 bits per heavy atom. The standard InChI is InChI=1S/C43H30N4S/c1-43(2)36-19-11-12-20-38(36)48-39-35(25-28(27-44)26-37(39)43)30-23-21-29(22-24-30)33-17-9-10-18-34(33)42-46-40(31-13-5-3-6-14-31)45-41(47-42)32-15-7-4-8-16-32/h3-26H,1-2H3. The zero-order valence-electron chi connectivity index (χ0n) is 26.6. The molecule has 0 spiro atoms. The first-order chi connectivity index (χ1) is 23.5. The third kappa shape index (κ3) is 5.27. The predicted molar refractivity (Wildman–Crippen MR) is 194 cm³/mol. The molecule has 0 saturated heterocycles. The Morgan fingerprint density at radius 3 is 1.65 bits per heavy atom. The largest absolute Gasteiger partial charge is 0.208 e. The van der Waals surface area contributed by atoms with E-state index in [2.05, 4.69) is 86.6 Å². The van der Waals surface area contributed by atoms with Crippen LogP contribution in [0.1, 0.15) is 30.5 Å². The molecule has 0 atom stereocenters. The van der Waals surface area contributed by atoms with E-state index < -0.39 is 0 Å². The summed E-state index contributed by atoms with van der Waals surface area (Å²) in [5.74, 6) is 1.89. The number of aromatic nitrogens is 3. The summed E-state index contributed by atoms with van der Waals surface area (Å²) in [5, 5.41) is 10.0. The number of nitriles is 1. The topological polar surface area (TPSA) is 62.5 Å². The van der Waals surface area contributed by atoms with Crippen LogP contribution in [0.25, 0.3) is 56.4 Å². The monoisotopic (exact) mass is 634 g/mol. The van der Waals surface area contributed by atoms with Crippen molar-refractivity contribution in [2.45, 2.75) is 29.1 Å². The fraction of sp³-hybridized carbons (Fsp3) is 0.0698. The van der Waals surface area contributed by atoms with Gasteiger partial charge in [0, 0.05) is 31.9 Å². The van der Waals surface area contributed by atoms with E-state index in [1.165, 1.54) is 20.9 Å². The Kier molecular flexibility index (Phi) is 7.44. The van der Waals surface area contributed by atoms with E-state index in [0.29, 0.717) is 23.0 Å². The predicted octanol–water partition coefficient (Wildman–Crippen LogP) is 10.9. The summed E-state index contributed by atoms with van der Waals surface area (Å²) in [6, 6.07) is 52.1. The highest BCUT2D eigenvalue weighted by atomic mass is 32.2. The van der Waals surface area contributed by atoms with E-state index in [1.54, 1.807) is 11.8 Å². The van der Waals surface area contributed by atoms with Crippen LogP contribution < -0.4 is 0 Å². The van der Waals surface area contributed by atoms with E-state index in [9.17, 15) is 5.26 Å². The molecule has 0 radical (unpaired) electrons. The summed E-state index contributed by atoms with van der Waals surface area (Å²) in [5.41, 5.74) is 9.97. The van der Waals surface area contributed by atoms with Gasteiger partial charge in [0.25, 0.3) is 0 Å². The first-order valence-electron chi connectivity index (χ1n) is 15.9. The Hall–Kier alpha value is -5.83. The van der Waals surface area contributed by atoms with Crippen LogP contribution in [-0.2, 0) is 5.41 Å². The Labute approximate surface area is 284 Å². The summed E-state index contributed by atoms with van der Waals surface area (Å²) >= 11 is 1.79. The van der Waals surface area contributed by atoms with Gasteiger partial charge in [-0.2, -0.15) is 5.26 Å². The van der Waals surface area contributed by atoms with Crippen molar-refractivity contribution in [2.24, 2.45) is 0 Å². The first-order valence-corrected chi connectivity index (χ1v) is 16.7. The lowest BCUT2D eigenvalue weighted by atomic mass is 9.76. The number of nitrogens with zero attached hydrogens (tertiary/aromatic N) is 4. The van der Waals surface area contributed by atoms with Gasteiger partial charge in [0.15, 0.2) is 17.5 Å². The van der Waals surface area contributed by atoms with Gasteiger partial charge in [0.1, 0.15) is 0 Å². The van der Waals surface area contributed by atoms with E-state index in [4.69, 9.17) is 15.0 Å². The third-order valence-corrected chi connectivity index (χ3v) is 10.3. The van der Waals surface area contributed by atoms with E-state index >= 15 is 0 Å². The highest BCUT2D eigenvalue weighted by molar-refractivity contribution is 7.99. The molecule has 0 unspecified atom stereocenters. The van der Waals surface area contributed by atoms with Crippen LogP contribution in [0, 0.1) is 11.3 Å². The molecule has 2 heterocycles. The number of benzene rings is 6. The molecule has 0 amide bonds. The van der Waals surface area contributed by atoms with Gasteiger partial charge in [-0.3, -0.25) is 0 Å². The maximum Gasteiger partial charge on any atom is 0.164 e. The molecule has 228 valence electrons. The minimum absolute atomic E-state index is 0.223.